The number of pyridine rings is 1. The van der Waals surface area contributed by atoms with Gasteiger partial charge in [0.05, 0.1) is 23.1 Å². The number of aliphatic hydroxyl groups is 1. The maximum Gasteiger partial charge on any atom is 0.319 e. The van der Waals surface area contributed by atoms with Gasteiger partial charge in [0.1, 0.15) is 17.9 Å². The first-order chi connectivity index (χ1) is 23.4. The molecule has 5 heterocycles. The summed E-state index contributed by atoms with van der Waals surface area (Å²) in [4.78, 5) is 17.9. The summed E-state index contributed by atoms with van der Waals surface area (Å²) in [5.74, 6) is -0.190. The topological polar surface area (TPSA) is 83.8 Å². The first kappa shape index (κ1) is 34.3. The lowest BCUT2D eigenvalue weighted by Crippen LogP contribution is -2.67. The third-order valence-electron chi connectivity index (χ3n) is 11.0. The lowest BCUT2D eigenvalue weighted by Gasteiger charge is -2.44. The van der Waals surface area contributed by atoms with Crippen molar-refractivity contribution in [3.8, 4) is 6.01 Å². The number of anilines is 1. The zero-order chi connectivity index (χ0) is 34.4. The van der Waals surface area contributed by atoms with Gasteiger partial charge in [0.25, 0.3) is 8.32 Å². The maximum absolute atomic E-state index is 15.4. The summed E-state index contributed by atoms with van der Waals surface area (Å²) in [6.45, 7) is 11.8. The van der Waals surface area contributed by atoms with E-state index in [9.17, 15) is 5.11 Å². The van der Waals surface area contributed by atoms with E-state index in [-0.39, 0.29) is 33.3 Å². The van der Waals surface area contributed by atoms with Gasteiger partial charge in [-0.1, -0.05) is 93.0 Å². The molecule has 4 aromatic rings. The number of halogens is 2. The number of benzene rings is 2. The third-order valence-corrected chi connectivity index (χ3v) is 16.3. The molecule has 3 aliphatic rings. The molecular formula is C38H47ClFN5O3Si. The van der Waals surface area contributed by atoms with E-state index in [1.54, 1.807) is 0 Å². The van der Waals surface area contributed by atoms with Crippen LogP contribution >= 0.6 is 11.6 Å². The van der Waals surface area contributed by atoms with E-state index in [1.165, 1.54) is 16.6 Å². The Morgan fingerprint density at radius 3 is 2.31 bits per heavy atom. The first-order valence-electron chi connectivity index (χ1n) is 17.6. The number of rotatable bonds is 9. The largest absolute Gasteiger partial charge is 0.461 e. The molecule has 3 atom stereocenters. The Kier molecular flexibility index (Phi) is 9.23. The molecule has 7 rings (SSSR count). The fraction of sp³-hybridized carbons (Fsp3) is 0.500. The van der Waals surface area contributed by atoms with E-state index in [4.69, 9.17) is 25.7 Å². The van der Waals surface area contributed by atoms with Crippen LogP contribution in [-0.4, -0.2) is 83.3 Å². The lowest BCUT2D eigenvalue weighted by molar-refractivity contribution is 0.0446. The fourth-order valence-corrected chi connectivity index (χ4v) is 13.4. The highest BCUT2D eigenvalue weighted by atomic mass is 35.5. The monoisotopic (exact) mass is 703 g/mol. The Morgan fingerprint density at radius 1 is 0.980 bits per heavy atom. The van der Waals surface area contributed by atoms with Crippen LogP contribution in [0.1, 0.15) is 66.2 Å². The van der Waals surface area contributed by atoms with Crippen LogP contribution in [0.3, 0.4) is 0 Å². The average molecular weight is 704 g/mol. The Balaban J connectivity index is 1.15. The Bertz CT molecular complexity index is 1750. The van der Waals surface area contributed by atoms with Crippen molar-refractivity contribution in [1.82, 2.24) is 19.9 Å². The molecule has 0 amide bonds. The average Bonchev–Trinajstić information content (AvgIpc) is 3.65. The van der Waals surface area contributed by atoms with Gasteiger partial charge in [-0.05, 0) is 67.4 Å². The second kappa shape index (κ2) is 13.2. The number of hydrogen-bond donors (Lipinski definition) is 1. The van der Waals surface area contributed by atoms with Crippen LogP contribution in [-0.2, 0) is 4.43 Å². The van der Waals surface area contributed by atoms with Crippen molar-refractivity contribution in [3.63, 3.8) is 0 Å². The summed E-state index contributed by atoms with van der Waals surface area (Å²) in [6, 6.07) is 22.0. The van der Waals surface area contributed by atoms with Gasteiger partial charge in [-0.15, -0.1) is 0 Å². The van der Waals surface area contributed by atoms with Gasteiger partial charge in [-0.25, -0.2) is 9.37 Å². The highest BCUT2D eigenvalue weighted by Gasteiger charge is 2.53. The van der Waals surface area contributed by atoms with E-state index in [0.29, 0.717) is 43.9 Å². The summed E-state index contributed by atoms with van der Waals surface area (Å²) >= 11 is 6.10. The van der Waals surface area contributed by atoms with Crippen LogP contribution in [0.25, 0.3) is 10.9 Å². The predicted molar refractivity (Wildman–Crippen MR) is 195 cm³/mol. The normalized spacial score (nSPS) is 24.8. The molecule has 11 heteroatoms. The minimum absolute atomic E-state index is 0.0778. The minimum atomic E-state index is -2.68. The van der Waals surface area contributed by atoms with Crippen molar-refractivity contribution in [3.05, 3.63) is 77.8 Å². The van der Waals surface area contributed by atoms with Crippen molar-refractivity contribution in [1.29, 1.82) is 0 Å². The molecule has 0 bridgehead atoms. The molecule has 3 aliphatic heterocycles. The zero-order valence-electron chi connectivity index (χ0n) is 29.0. The molecule has 49 heavy (non-hydrogen) atoms. The molecule has 8 nitrogen and oxygen atoms in total. The summed E-state index contributed by atoms with van der Waals surface area (Å²) in [5.41, 5.74) is -0.983. The Morgan fingerprint density at radius 2 is 1.65 bits per heavy atom. The summed E-state index contributed by atoms with van der Waals surface area (Å²) in [7, 11) is -2.68. The molecule has 0 aliphatic carbocycles. The van der Waals surface area contributed by atoms with E-state index < -0.39 is 19.7 Å². The van der Waals surface area contributed by atoms with Crippen molar-refractivity contribution >= 4 is 47.0 Å². The fourth-order valence-electron chi connectivity index (χ4n) is 8.68. The molecule has 1 N–H and O–H groups in total. The van der Waals surface area contributed by atoms with Crippen LogP contribution in [0.15, 0.2) is 66.9 Å². The summed E-state index contributed by atoms with van der Waals surface area (Å²) < 4.78 is 29.2. The van der Waals surface area contributed by atoms with Gasteiger partial charge in [0.2, 0.25) is 0 Å². The molecule has 0 saturated carbocycles. The van der Waals surface area contributed by atoms with Gasteiger partial charge in [0, 0.05) is 25.3 Å². The van der Waals surface area contributed by atoms with Crippen LogP contribution in [0.4, 0.5) is 10.2 Å². The highest BCUT2D eigenvalue weighted by molar-refractivity contribution is 6.99. The molecular weight excluding hydrogens is 657 g/mol. The van der Waals surface area contributed by atoms with Crippen LogP contribution in [0.5, 0.6) is 6.01 Å². The number of nitrogens with zero attached hydrogens (tertiary/aromatic N) is 5. The van der Waals surface area contributed by atoms with Crippen LogP contribution in [0.2, 0.25) is 10.2 Å². The quantitative estimate of drug-likeness (QED) is 0.165. The molecule has 3 saturated heterocycles. The number of β-amino-alcohol motifs (C(OH)–C–C–N with tert-alkyl or cyclic N) is 1. The van der Waals surface area contributed by atoms with Gasteiger partial charge in [-0.2, -0.15) is 9.97 Å². The van der Waals surface area contributed by atoms with Gasteiger partial charge in [0.15, 0.2) is 11.0 Å². The Hall–Kier alpha value is -3.15. The van der Waals surface area contributed by atoms with Crippen molar-refractivity contribution in [2.24, 2.45) is 0 Å². The molecule has 260 valence electrons. The maximum atomic E-state index is 15.4. The van der Waals surface area contributed by atoms with Gasteiger partial charge >= 0.3 is 6.01 Å². The van der Waals surface area contributed by atoms with Crippen LogP contribution < -0.4 is 20.0 Å². The smallest absolute Gasteiger partial charge is 0.319 e. The van der Waals surface area contributed by atoms with Crippen LogP contribution in [0, 0.1) is 5.82 Å². The summed E-state index contributed by atoms with van der Waals surface area (Å²) in [5, 5.41) is 13.5. The van der Waals surface area contributed by atoms with E-state index in [1.807, 2.05) is 11.8 Å². The second-order valence-corrected chi connectivity index (χ2v) is 20.1. The molecule has 0 spiro atoms. The zero-order valence-corrected chi connectivity index (χ0v) is 30.7. The predicted octanol–water partition coefficient (Wildman–Crippen LogP) is 6.12. The third kappa shape index (κ3) is 6.35. The van der Waals surface area contributed by atoms with Gasteiger partial charge in [-0.3, -0.25) is 4.90 Å². The standard InChI is InChI=1S/C38H47ClFN5O3Si/c1-36(2,3)49(28-13-7-5-8-14-28,29-15-9-6-10-16-29)48-24-27-17-20-38(19-12-22-45(27)38)26-47-35-42-32-30(23-41-33(39)31(32)40)34(43-35)44-21-11-18-37(4,46)25-44/h5-10,13-16,23,27,46H,11-12,17-22,24-26H2,1-4H3/t27-,37-,38-/m1/s1. The first-order valence-corrected chi connectivity index (χ1v) is 19.8. The number of ether oxygens (including phenoxy) is 1. The number of piperidine rings is 1. The SMILES string of the molecule is CC(C)(C)[Si](OC[C@H]1CC[C@@]2(COc3nc(N4CCC[C@@](C)(O)C4)c4cnc(Cl)c(F)c4n3)CCCN12)(c1ccccc1)c1ccccc1. The van der Waals surface area contributed by atoms with E-state index >= 15 is 4.39 Å². The number of fused-ring (bicyclic) bond motifs is 2. The molecule has 2 aromatic carbocycles. The van der Waals surface area contributed by atoms with Crippen molar-refractivity contribution < 1.29 is 18.7 Å². The lowest BCUT2D eigenvalue weighted by atomic mass is 9.95. The highest BCUT2D eigenvalue weighted by Crippen LogP contribution is 2.44. The minimum Gasteiger partial charge on any atom is -0.461 e. The number of hydrogen-bond acceptors (Lipinski definition) is 8. The Labute approximate surface area is 294 Å². The molecule has 3 fully saturated rings. The molecule has 0 radical (unpaired) electrons. The number of aromatic nitrogens is 3. The van der Waals surface area contributed by atoms with Crippen molar-refractivity contribution in [2.45, 2.75) is 88.4 Å². The van der Waals surface area contributed by atoms with Gasteiger partial charge < -0.3 is 19.2 Å². The molecule has 0 unspecified atom stereocenters. The second-order valence-electron chi connectivity index (χ2n) is 15.5. The van der Waals surface area contributed by atoms with Crippen molar-refractivity contribution in [2.75, 3.05) is 37.7 Å². The van der Waals surface area contributed by atoms with E-state index in [2.05, 4.69) is 96.3 Å². The van der Waals surface area contributed by atoms with E-state index in [0.717, 1.165) is 38.6 Å². The molecule has 2 aromatic heterocycles. The summed E-state index contributed by atoms with van der Waals surface area (Å²) in [6.07, 6.45) is 7.03.